The molecule has 0 spiro atoms. The average molecular weight is 352 g/mol. The van der Waals surface area contributed by atoms with E-state index in [4.69, 9.17) is 10.2 Å². The van der Waals surface area contributed by atoms with Crippen LogP contribution < -0.4 is 5.48 Å². The highest BCUT2D eigenvalue weighted by molar-refractivity contribution is 7.20. The van der Waals surface area contributed by atoms with E-state index >= 15 is 0 Å². The zero-order chi connectivity index (χ0) is 16.5. The van der Waals surface area contributed by atoms with Gasteiger partial charge in [0.25, 0.3) is 5.91 Å². The van der Waals surface area contributed by atoms with Crippen molar-refractivity contribution in [1.82, 2.24) is 10.5 Å². The summed E-state index contributed by atoms with van der Waals surface area (Å²) in [4.78, 5) is 17.2. The summed E-state index contributed by atoms with van der Waals surface area (Å²) in [6.07, 6.45) is 0. The van der Waals surface area contributed by atoms with Crippen LogP contribution >= 0.6 is 22.7 Å². The Morgan fingerprint density at radius 1 is 1.04 bits per heavy atom. The Balaban J connectivity index is 1.92. The number of thiazole rings is 1. The Hall–Kier alpha value is -2.54. The number of carbonyl (C=O) groups excluding carboxylic acids is 1. The predicted molar refractivity (Wildman–Crippen MR) is 97.6 cm³/mol. The highest BCUT2D eigenvalue weighted by atomic mass is 32.1. The maximum Gasteiger partial charge on any atom is 0.287 e. The van der Waals surface area contributed by atoms with E-state index in [-0.39, 0.29) is 0 Å². The van der Waals surface area contributed by atoms with E-state index in [0.29, 0.717) is 10.6 Å². The number of hydrogen-bond acceptors (Lipinski definition) is 5. The number of amides is 1. The lowest BCUT2D eigenvalue weighted by Gasteiger charge is -1.99. The minimum atomic E-state index is -0.544. The van der Waals surface area contributed by atoms with Crippen LogP contribution in [0.25, 0.3) is 31.9 Å². The molecule has 6 heteroatoms. The number of hydrogen-bond donors (Lipinski definition) is 2. The minimum Gasteiger partial charge on any atom is -0.288 e. The van der Waals surface area contributed by atoms with Crippen LogP contribution in [0.1, 0.15) is 9.67 Å². The molecule has 0 aliphatic heterocycles. The third-order valence-electron chi connectivity index (χ3n) is 3.69. The van der Waals surface area contributed by atoms with Gasteiger partial charge in [-0.3, -0.25) is 10.0 Å². The van der Waals surface area contributed by atoms with Gasteiger partial charge in [-0.25, -0.2) is 10.5 Å². The molecule has 0 unspecified atom stereocenters. The Labute approximate surface area is 146 Å². The van der Waals surface area contributed by atoms with E-state index in [1.165, 1.54) is 16.0 Å². The van der Waals surface area contributed by atoms with E-state index in [1.807, 2.05) is 42.5 Å². The Bertz CT molecular complexity index is 1020. The number of nitrogens with one attached hydrogen (secondary N) is 1. The molecule has 4 aromatic rings. The van der Waals surface area contributed by atoms with Crippen LogP contribution in [-0.4, -0.2) is 16.1 Å². The van der Waals surface area contributed by atoms with E-state index in [9.17, 15) is 4.79 Å². The van der Waals surface area contributed by atoms with E-state index in [1.54, 1.807) is 16.8 Å². The summed E-state index contributed by atoms with van der Waals surface area (Å²) in [6, 6.07) is 17.6. The number of thiophene rings is 1. The van der Waals surface area contributed by atoms with Gasteiger partial charge >= 0.3 is 0 Å². The van der Waals surface area contributed by atoms with E-state index in [0.717, 1.165) is 21.5 Å². The number of hydroxylamine groups is 1. The molecule has 24 heavy (non-hydrogen) atoms. The smallest absolute Gasteiger partial charge is 0.287 e. The first-order chi connectivity index (χ1) is 11.8. The molecule has 0 atom stereocenters. The number of aromatic nitrogens is 1. The van der Waals surface area contributed by atoms with Crippen molar-refractivity contribution in [3.63, 3.8) is 0 Å². The van der Waals surface area contributed by atoms with Gasteiger partial charge in [-0.1, -0.05) is 48.5 Å². The van der Waals surface area contributed by atoms with Crippen molar-refractivity contribution in [2.45, 2.75) is 0 Å². The van der Waals surface area contributed by atoms with Gasteiger partial charge in [-0.05, 0) is 6.07 Å². The molecule has 0 aliphatic carbocycles. The van der Waals surface area contributed by atoms with E-state index in [2.05, 4.69) is 17.5 Å². The second-order valence-corrected chi connectivity index (χ2v) is 7.06. The molecule has 0 saturated carbocycles. The van der Waals surface area contributed by atoms with Crippen LogP contribution in [0.3, 0.4) is 0 Å². The Morgan fingerprint density at radius 3 is 2.58 bits per heavy atom. The summed E-state index contributed by atoms with van der Waals surface area (Å²) in [6.45, 7) is 0. The SMILES string of the molecule is O=C(NO)c1sc(-c2csc3ccccc23)nc1-c1ccccc1. The van der Waals surface area contributed by atoms with Crippen molar-refractivity contribution in [1.29, 1.82) is 0 Å². The molecule has 0 radical (unpaired) electrons. The zero-order valence-corrected chi connectivity index (χ0v) is 14.0. The second-order valence-electron chi connectivity index (χ2n) is 5.15. The highest BCUT2D eigenvalue weighted by Gasteiger charge is 2.21. The van der Waals surface area contributed by atoms with Crippen molar-refractivity contribution in [2.75, 3.05) is 0 Å². The van der Waals surface area contributed by atoms with Crippen molar-refractivity contribution in [3.8, 4) is 21.8 Å². The van der Waals surface area contributed by atoms with Crippen molar-refractivity contribution >= 4 is 38.7 Å². The van der Waals surface area contributed by atoms with Gasteiger partial charge in [0.1, 0.15) is 9.88 Å². The minimum absolute atomic E-state index is 0.397. The molecule has 4 rings (SSSR count). The average Bonchev–Trinajstić information content (AvgIpc) is 3.26. The van der Waals surface area contributed by atoms with Gasteiger partial charge in [0, 0.05) is 26.6 Å². The van der Waals surface area contributed by atoms with Gasteiger partial charge in [0.2, 0.25) is 0 Å². The molecule has 2 N–H and O–H groups in total. The largest absolute Gasteiger partial charge is 0.288 e. The fraction of sp³-hybridized carbons (Fsp3) is 0. The fourth-order valence-electron chi connectivity index (χ4n) is 2.58. The summed E-state index contributed by atoms with van der Waals surface area (Å²) in [5.41, 5.74) is 4.16. The monoisotopic (exact) mass is 352 g/mol. The topological polar surface area (TPSA) is 62.2 Å². The van der Waals surface area contributed by atoms with Crippen LogP contribution in [0.2, 0.25) is 0 Å². The van der Waals surface area contributed by atoms with Gasteiger partial charge < -0.3 is 0 Å². The summed E-state index contributed by atoms with van der Waals surface area (Å²) >= 11 is 2.93. The fourth-order valence-corrected chi connectivity index (χ4v) is 4.60. The summed E-state index contributed by atoms with van der Waals surface area (Å²) in [7, 11) is 0. The van der Waals surface area contributed by atoms with Crippen molar-refractivity contribution in [3.05, 3.63) is 64.9 Å². The first kappa shape index (κ1) is 15.0. The molecule has 2 aromatic carbocycles. The molecule has 0 saturated heterocycles. The lowest BCUT2D eigenvalue weighted by Crippen LogP contribution is -2.18. The molecular formula is C18H12N2O2S2. The number of fused-ring (bicyclic) bond motifs is 1. The molecule has 2 heterocycles. The molecule has 1 amide bonds. The van der Waals surface area contributed by atoms with Crippen LogP contribution in [-0.2, 0) is 0 Å². The van der Waals surface area contributed by atoms with Crippen LogP contribution in [0, 0.1) is 0 Å². The normalized spacial score (nSPS) is 10.9. The molecule has 0 bridgehead atoms. The van der Waals surface area contributed by atoms with Crippen molar-refractivity contribution in [2.24, 2.45) is 0 Å². The number of carbonyl (C=O) groups is 1. The maximum atomic E-state index is 12.1. The van der Waals surface area contributed by atoms with Crippen LogP contribution in [0.5, 0.6) is 0 Å². The zero-order valence-electron chi connectivity index (χ0n) is 12.4. The van der Waals surface area contributed by atoms with Crippen molar-refractivity contribution < 1.29 is 10.0 Å². The van der Waals surface area contributed by atoms with Gasteiger partial charge in [0.05, 0.1) is 5.69 Å². The van der Waals surface area contributed by atoms with Gasteiger partial charge in [-0.2, -0.15) is 0 Å². The maximum absolute atomic E-state index is 12.1. The lowest BCUT2D eigenvalue weighted by molar-refractivity contribution is 0.0711. The van der Waals surface area contributed by atoms with Crippen LogP contribution in [0.15, 0.2) is 60.0 Å². The summed E-state index contributed by atoms with van der Waals surface area (Å²) in [5, 5.41) is 13.0. The third kappa shape index (κ3) is 2.50. The predicted octanol–water partition coefficient (Wildman–Crippen LogP) is 4.81. The molecule has 4 nitrogen and oxygen atoms in total. The summed E-state index contributed by atoms with van der Waals surface area (Å²) < 4.78 is 1.18. The van der Waals surface area contributed by atoms with Gasteiger partial charge in [0.15, 0.2) is 0 Å². The van der Waals surface area contributed by atoms with Gasteiger partial charge in [-0.15, -0.1) is 22.7 Å². The molecule has 118 valence electrons. The number of rotatable bonds is 3. The molecular weight excluding hydrogens is 340 g/mol. The summed E-state index contributed by atoms with van der Waals surface area (Å²) in [5.74, 6) is -0.544. The highest BCUT2D eigenvalue weighted by Crippen LogP contribution is 2.39. The molecule has 0 aliphatic rings. The lowest BCUT2D eigenvalue weighted by atomic mass is 10.1. The quantitative estimate of drug-likeness (QED) is 0.411. The molecule has 2 aromatic heterocycles. The Morgan fingerprint density at radius 2 is 1.79 bits per heavy atom. The number of nitrogens with zero attached hydrogens (tertiary/aromatic N) is 1. The first-order valence-electron chi connectivity index (χ1n) is 7.25. The first-order valence-corrected chi connectivity index (χ1v) is 8.95. The van der Waals surface area contributed by atoms with Crippen LogP contribution in [0.4, 0.5) is 0 Å². The Kier molecular flexibility index (Phi) is 3.86. The molecule has 0 fully saturated rings. The third-order valence-corrected chi connectivity index (χ3v) is 5.74. The van der Waals surface area contributed by atoms with E-state index < -0.39 is 5.91 Å². The standard InChI is InChI=1S/C18H12N2O2S2/c21-17(20-22)16-15(11-6-2-1-3-7-11)19-18(24-16)13-10-23-14-9-5-4-8-12(13)14/h1-10,22H,(H,20,21). The number of benzene rings is 2. The second kappa shape index (κ2) is 6.16.